The van der Waals surface area contributed by atoms with Gasteiger partial charge in [0.1, 0.15) is 0 Å². The lowest BCUT2D eigenvalue weighted by molar-refractivity contribution is 0.146. The summed E-state index contributed by atoms with van der Waals surface area (Å²) in [6.45, 7) is 4.37. The number of anilines is 1. The van der Waals surface area contributed by atoms with Gasteiger partial charge in [0.2, 0.25) is 0 Å². The average molecular weight is 284 g/mol. The Morgan fingerprint density at radius 2 is 2.28 bits per heavy atom. The van der Waals surface area contributed by atoms with Crippen molar-refractivity contribution in [1.82, 2.24) is 5.32 Å². The Kier molecular flexibility index (Phi) is 7.80. The third kappa shape index (κ3) is 6.23. The van der Waals surface area contributed by atoms with E-state index in [4.69, 9.17) is 17.0 Å². The van der Waals surface area contributed by atoms with Crippen LogP contribution in [0.3, 0.4) is 0 Å². The fraction of sp³-hybridized carbons (Fsp3) is 0.462. The van der Waals surface area contributed by atoms with E-state index in [0.717, 1.165) is 31.9 Å². The molecule has 0 fully saturated rings. The van der Waals surface area contributed by atoms with E-state index < -0.39 is 0 Å². The lowest BCUT2D eigenvalue weighted by atomic mass is 10.3. The summed E-state index contributed by atoms with van der Waals surface area (Å²) in [6, 6.07) is 8.19. The predicted octanol–water partition coefficient (Wildman–Crippen LogP) is 3.12. The van der Waals surface area contributed by atoms with E-state index in [9.17, 15) is 0 Å². The third-order valence-corrected chi connectivity index (χ3v) is 3.25. The predicted molar refractivity (Wildman–Crippen MR) is 83.6 cm³/mol. The van der Waals surface area contributed by atoms with Crippen molar-refractivity contribution >= 4 is 34.8 Å². The van der Waals surface area contributed by atoms with Gasteiger partial charge in [0, 0.05) is 30.3 Å². The first-order valence-electron chi connectivity index (χ1n) is 6.03. The van der Waals surface area contributed by atoms with Crippen LogP contribution in [0.2, 0.25) is 0 Å². The number of benzene rings is 1. The van der Waals surface area contributed by atoms with Gasteiger partial charge in [-0.05, 0) is 50.0 Å². The number of thioether (sulfide) groups is 1. The van der Waals surface area contributed by atoms with Crippen LogP contribution in [0.1, 0.15) is 13.3 Å². The number of hydrogen-bond acceptors (Lipinski definition) is 3. The molecule has 0 aliphatic carbocycles. The maximum absolute atomic E-state index is 5.26. The van der Waals surface area contributed by atoms with Gasteiger partial charge in [-0.3, -0.25) is 0 Å². The molecular weight excluding hydrogens is 264 g/mol. The van der Waals surface area contributed by atoms with E-state index >= 15 is 0 Å². The van der Waals surface area contributed by atoms with Crippen LogP contribution in [0.25, 0.3) is 0 Å². The van der Waals surface area contributed by atoms with Crippen LogP contribution in [-0.4, -0.2) is 31.1 Å². The zero-order valence-corrected chi connectivity index (χ0v) is 12.5. The van der Waals surface area contributed by atoms with Gasteiger partial charge < -0.3 is 15.4 Å². The second-order valence-corrected chi connectivity index (χ2v) is 4.95. The molecule has 0 saturated carbocycles. The molecule has 0 saturated heterocycles. The maximum Gasteiger partial charge on any atom is 0.170 e. The molecular formula is C13H20N2OS2. The van der Waals surface area contributed by atoms with Crippen LogP contribution in [0, 0.1) is 0 Å². The molecule has 0 unspecified atom stereocenters. The summed E-state index contributed by atoms with van der Waals surface area (Å²) in [5.41, 5.74) is 1.02. The van der Waals surface area contributed by atoms with Crippen molar-refractivity contribution in [1.29, 1.82) is 0 Å². The molecule has 1 aromatic carbocycles. The molecule has 0 aromatic heterocycles. The van der Waals surface area contributed by atoms with E-state index in [2.05, 4.69) is 29.0 Å². The van der Waals surface area contributed by atoms with Crippen LogP contribution >= 0.6 is 24.0 Å². The minimum absolute atomic E-state index is 0.657. The van der Waals surface area contributed by atoms with Gasteiger partial charge in [0.05, 0.1) is 0 Å². The molecule has 3 nitrogen and oxygen atoms in total. The number of hydrogen-bond donors (Lipinski definition) is 2. The maximum atomic E-state index is 5.26. The van der Waals surface area contributed by atoms with Crippen molar-refractivity contribution in [3.8, 4) is 0 Å². The smallest absolute Gasteiger partial charge is 0.170 e. The average Bonchev–Trinajstić information content (AvgIpc) is 2.38. The van der Waals surface area contributed by atoms with E-state index in [-0.39, 0.29) is 0 Å². The van der Waals surface area contributed by atoms with Gasteiger partial charge in [-0.25, -0.2) is 0 Å². The molecule has 1 rings (SSSR count). The third-order valence-electron chi connectivity index (χ3n) is 2.28. The Labute approximate surface area is 119 Å². The Morgan fingerprint density at radius 3 is 3.00 bits per heavy atom. The van der Waals surface area contributed by atoms with Crippen molar-refractivity contribution < 1.29 is 4.74 Å². The normalized spacial score (nSPS) is 10.1. The molecule has 0 bridgehead atoms. The van der Waals surface area contributed by atoms with Gasteiger partial charge in [-0.15, -0.1) is 11.8 Å². The topological polar surface area (TPSA) is 33.3 Å². The standard InChI is InChI=1S/C13H20N2OS2/c1-3-16-9-5-8-14-13(17)15-11-6-4-7-12(10-11)18-2/h4,6-7,10H,3,5,8-9H2,1-2H3,(H2,14,15,17). The molecule has 5 heteroatoms. The highest BCUT2D eigenvalue weighted by Gasteiger charge is 1.98. The molecule has 2 N–H and O–H groups in total. The Balaban J connectivity index is 2.26. The number of ether oxygens (including phenoxy) is 1. The fourth-order valence-corrected chi connectivity index (χ4v) is 2.08. The SMILES string of the molecule is CCOCCCNC(=S)Nc1cccc(SC)c1. The van der Waals surface area contributed by atoms with Crippen molar-refractivity contribution in [2.45, 2.75) is 18.2 Å². The van der Waals surface area contributed by atoms with Crippen molar-refractivity contribution in [3.63, 3.8) is 0 Å². The summed E-state index contributed by atoms with van der Waals surface area (Å²) >= 11 is 6.94. The molecule has 1 aromatic rings. The lowest BCUT2D eigenvalue weighted by Crippen LogP contribution is -2.29. The number of thiocarbonyl (C=S) groups is 1. The fourth-order valence-electron chi connectivity index (χ4n) is 1.40. The number of nitrogens with one attached hydrogen (secondary N) is 2. The minimum atomic E-state index is 0.657. The van der Waals surface area contributed by atoms with Crippen LogP contribution in [0.15, 0.2) is 29.2 Å². The molecule has 18 heavy (non-hydrogen) atoms. The summed E-state index contributed by atoms with van der Waals surface area (Å²) in [4.78, 5) is 1.22. The first kappa shape index (κ1) is 15.3. The highest BCUT2D eigenvalue weighted by molar-refractivity contribution is 7.98. The summed E-state index contributed by atoms with van der Waals surface area (Å²) < 4.78 is 5.26. The molecule has 0 heterocycles. The quantitative estimate of drug-likeness (QED) is 0.457. The second-order valence-electron chi connectivity index (χ2n) is 3.66. The van der Waals surface area contributed by atoms with Crippen LogP contribution in [0.5, 0.6) is 0 Å². The molecule has 0 aliphatic rings. The van der Waals surface area contributed by atoms with Gasteiger partial charge in [0.15, 0.2) is 5.11 Å². The van der Waals surface area contributed by atoms with Crippen molar-refractivity contribution in [2.24, 2.45) is 0 Å². The Hall–Kier alpha value is -0.780. The molecule has 0 aliphatic heterocycles. The summed E-state index contributed by atoms with van der Waals surface area (Å²) in [6.07, 6.45) is 3.02. The van der Waals surface area contributed by atoms with Crippen LogP contribution in [0.4, 0.5) is 5.69 Å². The lowest BCUT2D eigenvalue weighted by Gasteiger charge is -2.11. The first-order valence-corrected chi connectivity index (χ1v) is 7.66. The van der Waals surface area contributed by atoms with E-state index in [1.807, 2.05) is 19.1 Å². The highest BCUT2D eigenvalue weighted by atomic mass is 32.2. The van der Waals surface area contributed by atoms with Gasteiger partial charge in [0.25, 0.3) is 0 Å². The molecule has 0 atom stereocenters. The molecule has 0 amide bonds. The highest BCUT2D eigenvalue weighted by Crippen LogP contribution is 2.18. The summed E-state index contributed by atoms with van der Waals surface area (Å²) in [7, 11) is 0. The first-order chi connectivity index (χ1) is 8.76. The van der Waals surface area contributed by atoms with Crippen molar-refractivity contribution in [3.05, 3.63) is 24.3 Å². The Morgan fingerprint density at radius 1 is 1.44 bits per heavy atom. The van der Waals surface area contributed by atoms with Crippen LogP contribution in [-0.2, 0) is 4.74 Å². The zero-order chi connectivity index (χ0) is 13.2. The van der Waals surface area contributed by atoms with Gasteiger partial charge >= 0.3 is 0 Å². The Bertz CT molecular complexity index is 372. The van der Waals surface area contributed by atoms with Gasteiger partial charge in [-0.1, -0.05) is 6.07 Å². The monoisotopic (exact) mass is 284 g/mol. The number of rotatable bonds is 7. The summed E-state index contributed by atoms with van der Waals surface area (Å²) in [5.74, 6) is 0. The van der Waals surface area contributed by atoms with Gasteiger partial charge in [-0.2, -0.15) is 0 Å². The van der Waals surface area contributed by atoms with E-state index in [0.29, 0.717) is 5.11 Å². The molecule has 0 spiro atoms. The molecule has 0 radical (unpaired) electrons. The van der Waals surface area contributed by atoms with E-state index in [1.54, 1.807) is 11.8 Å². The second kappa shape index (κ2) is 9.19. The summed E-state index contributed by atoms with van der Waals surface area (Å²) in [5, 5.41) is 6.99. The van der Waals surface area contributed by atoms with E-state index in [1.165, 1.54) is 4.90 Å². The molecule has 100 valence electrons. The van der Waals surface area contributed by atoms with Crippen molar-refractivity contribution in [2.75, 3.05) is 31.3 Å². The minimum Gasteiger partial charge on any atom is -0.382 e. The largest absolute Gasteiger partial charge is 0.382 e. The van der Waals surface area contributed by atoms with Crippen LogP contribution < -0.4 is 10.6 Å². The zero-order valence-electron chi connectivity index (χ0n) is 10.9.